The van der Waals surface area contributed by atoms with Crippen molar-refractivity contribution < 1.29 is 22.4 Å². The quantitative estimate of drug-likeness (QED) is 0.797. The summed E-state index contributed by atoms with van der Waals surface area (Å²) in [6.45, 7) is 7.08. The Morgan fingerprint density at radius 3 is 2.68 bits per heavy atom. The number of carbonyl (C=O) groups excluding carboxylic acids is 1. The van der Waals surface area contributed by atoms with E-state index in [1.165, 1.54) is 7.05 Å². The molecule has 1 fully saturated rings. The zero-order chi connectivity index (χ0) is 16.2. The highest BCUT2D eigenvalue weighted by atomic mass is 19.4. The highest BCUT2D eigenvalue weighted by molar-refractivity contribution is 6.05. The number of anilines is 2. The maximum atomic E-state index is 13.1. The third kappa shape index (κ3) is 2.05. The van der Waals surface area contributed by atoms with Crippen LogP contribution in [0, 0.1) is 0 Å². The Hall–Kier alpha value is -2.12. The van der Waals surface area contributed by atoms with Crippen molar-refractivity contribution in [3.63, 3.8) is 0 Å². The minimum absolute atomic E-state index is 0.112. The number of carbonyl (C=O) groups is 1. The van der Waals surface area contributed by atoms with Gasteiger partial charge in [0.1, 0.15) is 23.6 Å². The van der Waals surface area contributed by atoms with E-state index in [1.54, 1.807) is 4.90 Å². The van der Waals surface area contributed by atoms with Crippen molar-refractivity contribution in [1.29, 1.82) is 0 Å². The van der Waals surface area contributed by atoms with Crippen LogP contribution in [-0.2, 0) is 11.0 Å². The second-order valence-corrected chi connectivity index (χ2v) is 5.59. The summed E-state index contributed by atoms with van der Waals surface area (Å²) < 4.78 is 44.4. The van der Waals surface area contributed by atoms with E-state index in [9.17, 15) is 18.0 Å². The molecule has 22 heavy (non-hydrogen) atoms. The molecule has 0 spiro atoms. The first-order valence-electron chi connectivity index (χ1n) is 6.85. The first-order chi connectivity index (χ1) is 10.2. The van der Waals surface area contributed by atoms with Gasteiger partial charge in [0.05, 0.1) is 0 Å². The van der Waals surface area contributed by atoms with Crippen molar-refractivity contribution in [2.24, 2.45) is 0 Å². The Labute approximate surface area is 125 Å². The fraction of sp³-hybridized carbons (Fsp3) is 0.500. The second kappa shape index (κ2) is 4.69. The van der Waals surface area contributed by atoms with Gasteiger partial charge in [0.15, 0.2) is 0 Å². The summed E-state index contributed by atoms with van der Waals surface area (Å²) in [6.07, 6.45) is -3.88. The van der Waals surface area contributed by atoms with Gasteiger partial charge in [-0.3, -0.25) is 4.79 Å². The van der Waals surface area contributed by atoms with Gasteiger partial charge in [-0.1, -0.05) is 6.58 Å². The van der Waals surface area contributed by atoms with Crippen LogP contribution in [0.25, 0.3) is 0 Å². The Balaban J connectivity index is 2.03. The Kier molecular flexibility index (Phi) is 3.15. The molecule has 8 heteroatoms. The molecule has 0 aromatic carbocycles. The molecule has 1 aromatic heterocycles. The number of alkyl halides is 3. The van der Waals surface area contributed by atoms with Crippen LogP contribution >= 0.6 is 0 Å². The molecule has 0 bridgehead atoms. The van der Waals surface area contributed by atoms with Gasteiger partial charge in [-0.2, -0.15) is 13.2 Å². The molecule has 2 aliphatic heterocycles. The first-order valence-corrected chi connectivity index (χ1v) is 6.85. The summed E-state index contributed by atoms with van der Waals surface area (Å²) in [7, 11) is 1.35. The zero-order valence-corrected chi connectivity index (χ0v) is 12.3. The molecule has 1 aromatic rings. The minimum Gasteiger partial charge on any atom is -0.446 e. The summed E-state index contributed by atoms with van der Waals surface area (Å²) >= 11 is 0. The molecule has 0 aliphatic carbocycles. The molecule has 0 saturated carbocycles. The number of amides is 1. The summed E-state index contributed by atoms with van der Waals surface area (Å²) in [5.74, 6) is -0.258. The Morgan fingerprint density at radius 1 is 1.41 bits per heavy atom. The van der Waals surface area contributed by atoms with Crippen LogP contribution in [0.1, 0.15) is 12.5 Å². The van der Waals surface area contributed by atoms with Gasteiger partial charge in [-0.15, -0.1) is 0 Å². The lowest BCUT2D eigenvalue weighted by molar-refractivity contribution is -0.137. The number of likely N-dealkylation sites (N-methyl/N-ethyl adjacent to an activating group) is 1. The molecular formula is C14H16F3N3O2. The predicted molar refractivity (Wildman–Crippen MR) is 74.6 cm³/mol. The lowest BCUT2D eigenvalue weighted by Crippen LogP contribution is -2.61. The SMILES string of the molecule is C=C(C)N1CCN2c3occ(C(F)(F)F)c3N(C)C(=O)C2C1. The van der Waals surface area contributed by atoms with Crippen LogP contribution in [-0.4, -0.2) is 43.5 Å². The van der Waals surface area contributed by atoms with Crippen LogP contribution in [0.3, 0.4) is 0 Å². The van der Waals surface area contributed by atoms with E-state index in [0.717, 1.165) is 10.6 Å². The smallest absolute Gasteiger partial charge is 0.421 e. The zero-order valence-electron chi connectivity index (χ0n) is 12.3. The molecule has 120 valence electrons. The van der Waals surface area contributed by atoms with E-state index in [-0.39, 0.29) is 17.5 Å². The molecule has 2 aliphatic rings. The number of halogens is 3. The third-order valence-electron chi connectivity index (χ3n) is 4.18. The second-order valence-electron chi connectivity index (χ2n) is 5.59. The molecule has 1 amide bonds. The fourth-order valence-electron chi connectivity index (χ4n) is 2.99. The first kappa shape index (κ1) is 14.8. The number of furan rings is 1. The summed E-state index contributed by atoms with van der Waals surface area (Å²) in [6, 6.07) is -0.560. The maximum Gasteiger partial charge on any atom is 0.421 e. The van der Waals surface area contributed by atoms with Crippen LogP contribution in [0.4, 0.5) is 24.7 Å². The lowest BCUT2D eigenvalue weighted by atomic mass is 10.1. The van der Waals surface area contributed by atoms with E-state index in [4.69, 9.17) is 4.42 Å². The van der Waals surface area contributed by atoms with Gasteiger partial charge in [-0.05, 0) is 6.92 Å². The molecule has 3 heterocycles. The van der Waals surface area contributed by atoms with Crippen molar-refractivity contribution in [3.8, 4) is 0 Å². The van der Waals surface area contributed by atoms with Gasteiger partial charge in [-0.25, -0.2) is 0 Å². The summed E-state index contributed by atoms with van der Waals surface area (Å²) in [5.41, 5.74) is -0.284. The van der Waals surface area contributed by atoms with E-state index in [1.807, 2.05) is 11.8 Å². The number of rotatable bonds is 1. The molecule has 1 saturated heterocycles. The van der Waals surface area contributed by atoms with E-state index in [2.05, 4.69) is 6.58 Å². The topological polar surface area (TPSA) is 39.9 Å². The summed E-state index contributed by atoms with van der Waals surface area (Å²) in [5, 5.41) is 0. The Morgan fingerprint density at radius 2 is 2.09 bits per heavy atom. The van der Waals surface area contributed by atoms with Gasteiger partial charge in [0, 0.05) is 32.4 Å². The van der Waals surface area contributed by atoms with Crippen LogP contribution in [0.5, 0.6) is 0 Å². The molecule has 1 unspecified atom stereocenters. The molecular weight excluding hydrogens is 299 g/mol. The molecule has 1 atom stereocenters. The normalized spacial score (nSPS) is 21.8. The molecule has 3 rings (SSSR count). The molecule has 5 nitrogen and oxygen atoms in total. The van der Waals surface area contributed by atoms with Crippen LogP contribution < -0.4 is 9.80 Å². The van der Waals surface area contributed by atoms with E-state index >= 15 is 0 Å². The van der Waals surface area contributed by atoms with Gasteiger partial charge < -0.3 is 19.1 Å². The highest BCUT2D eigenvalue weighted by Crippen LogP contribution is 2.47. The number of piperazine rings is 1. The predicted octanol–water partition coefficient (Wildman–Crippen LogP) is 2.30. The van der Waals surface area contributed by atoms with Crippen molar-refractivity contribution in [2.75, 3.05) is 36.5 Å². The number of hydrogen-bond donors (Lipinski definition) is 0. The maximum absolute atomic E-state index is 13.1. The average molecular weight is 315 g/mol. The largest absolute Gasteiger partial charge is 0.446 e. The average Bonchev–Trinajstić information content (AvgIpc) is 2.89. The third-order valence-corrected chi connectivity index (χ3v) is 4.18. The van der Waals surface area contributed by atoms with Gasteiger partial charge >= 0.3 is 6.18 Å². The Bertz CT molecular complexity index is 638. The molecule has 0 N–H and O–H groups in total. The standard InChI is InChI=1S/C14H16F3N3O2/c1-8(2)19-4-5-20-10(6-19)12(21)18(3)11-9(14(15,16)17)7-22-13(11)20/h7,10H,1,4-6H2,2-3H3. The number of allylic oxidation sites excluding steroid dienone is 1. The van der Waals surface area contributed by atoms with Crippen molar-refractivity contribution in [1.82, 2.24) is 4.90 Å². The minimum atomic E-state index is -4.56. The fourth-order valence-corrected chi connectivity index (χ4v) is 2.99. The van der Waals surface area contributed by atoms with Crippen molar-refractivity contribution in [3.05, 3.63) is 24.1 Å². The van der Waals surface area contributed by atoms with Gasteiger partial charge in [0.2, 0.25) is 5.88 Å². The number of hydrogen-bond acceptors (Lipinski definition) is 4. The number of fused-ring (bicyclic) bond motifs is 3. The van der Waals surface area contributed by atoms with Crippen molar-refractivity contribution in [2.45, 2.75) is 19.1 Å². The number of nitrogens with zero attached hydrogens (tertiary/aromatic N) is 3. The molecule has 0 radical (unpaired) electrons. The summed E-state index contributed by atoms with van der Waals surface area (Å²) in [4.78, 5) is 17.1. The lowest BCUT2D eigenvalue weighted by Gasteiger charge is -2.46. The van der Waals surface area contributed by atoms with Crippen LogP contribution in [0.15, 0.2) is 23.0 Å². The van der Waals surface area contributed by atoms with Crippen LogP contribution in [0.2, 0.25) is 0 Å². The van der Waals surface area contributed by atoms with E-state index < -0.39 is 17.8 Å². The monoisotopic (exact) mass is 315 g/mol. The highest BCUT2D eigenvalue weighted by Gasteiger charge is 2.47. The van der Waals surface area contributed by atoms with E-state index in [0.29, 0.717) is 25.9 Å². The van der Waals surface area contributed by atoms with Gasteiger partial charge in [0.25, 0.3) is 5.91 Å². The van der Waals surface area contributed by atoms with Crippen molar-refractivity contribution >= 4 is 17.5 Å².